The van der Waals surface area contributed by atoms with Gasteiger partial charge in [0.25, 0.3) is 0 Å². The van der Waals surface area contributed by atoms with Crippen LogP contribution in [0.3, 0.4) is 0 Å². The molecule has 1 unspecified atom stereocenters. The zero-order valence-corrected chi connectivity index (χ0v) is 10.1. The van der Waals surface area contributed by atoms with Crippen LogP contribution >= 0.6 is 0 Å². The maximum Gasteiger partial charge on any atom is 0.310 e. The summed E-state index contributed by atoms with van der Waals surface area (Å²) in [5, 5.41) is 9.56. The summed E-state index contributed by atoms with van der Waals surface area (Å²) in [5.74, 6) is -0.558. The van der Waals surface area contributed by atoms with Crippen molar-refractivity contribution in [3.8, 4) is 0 Å². The lowest BCUT2D eigenvalue weighted by Crippen LogP contribution is -2.40. The first-order valence-electron chi connectivity index (χ1n) is 6.09. The van der Waals surface area contributed by atoms with Gasteiger partial charge in [0.05, 0.1) is 5.41 Å². The van der Waals surface area contributed by atoms with Gasteiger partial charge in [-0.3, -0.25) is 4.79 Å². The summed E-state index contributed by atoms with van der Waals surface area (Å²) in [6, 6.07) is 0. The first-order valence-corrected chi connectivity index (χ1v) is 6.09. The smallest absolute Gasteiger partial charge is 0.310 e. The Morgan fingerprint density at radius 1 is 1.07 bits per heavy atom. The molecule has 2 heteroatoms. The van der Waals surface area contributed by atoms with Gasteiger partial charge in [-0.1, -0.05) is 40.0 Å². The fourth-order valence-electron chi connectivity index (χ4n) is 4.03. The van der Waals surface area contributed by atoms with E-state index in [1.54, 1.807) is 0 Å². The summed E-state index contributed by atoms with van der Waals surface area (Å²) in [6.07, 6.45) is 6.77. The molecule has 1 N–H and O–H groups in total. The van der Waals surface area contributed by atoms with E-state index in [0.29, 0.717) is 0 Å². The molecule has 0 heterocycles. The van der Waals surface area contributed by atoms with E-state index in [2.05, 4.69) is 20.8 Å². The Balaban J connectivity index is 2.31. The Bertz CT molecular complexity index is 287. The van der Waals surface area contributed by atoms with Crippen LogP contribution in [0.2, 0.25) is 0 Å². The molecule has 2 rings (SSSR count). The van der Waals surface area contributed by atoms with Crippen LogP contribution in [-0.2, 0) is 4.79 Å². The number of hydrogen-bond acceptors (Lipinski definition) is 1. The molecule has 0 bridgehead atoms. The number of carbonyl (C=O) groups is 1. The van der Waals surface area contributed by atoms with E-state index in [0.717, 1.165) is 19.3 Å². The van der Waals surface area contributed by atoms with E-state index in [4.69, 9.17) is 0 Å². The van der Waals surface area contributed by atoms with Crippen molar-refractivity contribution in [2.24, 2.45) is 16.2 Å². The van der Waals surface area contributed by atoms with Crippen molar-refractivity contribution in [2.45, 2.75) is 59.3 Å². The van der Waals surface area contributed by atoms with Crippen molar-refractivity contribution < 1.29 is 9.90 Å². The largest absolute Gasteiger partial charge is 0.481 e. The molecule has 2 saturated carbocycles. The van der Waals surface area contributed by atoms with Crippen LogP contribution < -0.4 is 0 Å². The van der Waals surface area contributed by atoms with E-state index < -0.39 is 11.4 Å². The Kier molecular flexibility index (Phi) is 2.19. The molecule has 2 fully saturated rings. The molecule has 0 aromatic rings. The quantitative estimate of drug-likeness (QED) is 0.758. The lowest BCUT2D eigenvalue weighted by Gasteiger charge is -2.41. The molecule has 0 radical (unpaired) electrons. The minimum Gasteiger partial charge on any atom is -0.481 e. The Morgan fingerprint density at radius 3 is 1.87 bits per heavy atom. The summed E-state index contributed by atoms with van der Waals surface area (Å²) in [6.45, 7) is 6.43. The minimum atomic E-state index is -0.558. The molecule has 1 atom stereocenters. The molecule has 2 aliphatic rings. The van der Waals surface area contributed by atoms with Crippen LogP contribution in [0.5, 0.6) is 0 Å². The van der Waals surface area contributed by atoms with E-state index in [-0.39, 0.29) is 10.8 Å². The predicted molar refractivity (Wildman–Crippen MR) is 59.7 cm³/mol. The predicted octanol–water partition coefficient (Wildman–Crippen LogP) is 3.46. The van der Waals surface area contributed by atoms with E-state index >= 15 is 0 Å². The van der Waals surface area contributed by atoms with Gasteiger partial charge in [0, 0.05) is 0 Å². The third-order valence-corrected chi connectivity index (χ3v) is 5.09. The van der Waals surface area contributed by atoms with Crippen molar-refractivity contribution in [1.29, 1.82) is 0 Å². The third kappa shape index (κ3) is 1.26. The van der Waals surface area contributed by atoms with Crippen molar-refractivity contribution in [3.63, 3.8) is 0 Å². The molecule has 0 aliphatic heterocycles. The monoisotopic (exact) mass is 210 g/mol. The van der Waals surface area contributed by atoms with Gasteiger partial charge >= 0.3 is 5.97 Å². The molecule has 2 aliphatic carbocycles. The van der Waals surface area contributed by atoms with Gasteiger partial charge in [0.1, 0.15) is 0 Å². The molecule has 86 valence electrons. The van der Waals surface area contributed by atoms with E-state index in [1.807, 2.05) is 0 Å². The summed E-state index contributed by atoms with van der Waals surface area (Å²) in [5.41, 5.74) is -0.383. The summed E-state index contributed by atoms with van der Waals surface area (Å²) in [4.78, 5) is 11.6. The van der Waals surface area contributed by atoms with Gasteiger partial charge in [-0.05, 0) is 30.1 Å². The third-order valence-electron chi connectivity index (χ3n) is 5.09. The zero-order valence-electron chi connectivity index (χ0n) is 10.1. The second-order valence-corrected chi connectivity index (χ2v) is 6.39. The van der Waals surface area contributed by atoms with Crippen LogP contribution in [0.15, 0.2) is 0 Å². The van der Waals surface area contributed by atoms with Crippen molar-refractivity contribution in [1.82, 2.24) is 0 Å². The van der Waals surface area contributed by atoms with Gasteiger partial charge in [-0.15, -0.1) is 0 Å². The summed E-state index contributed by atoms with van der Waals surface area (Å²) >= 11 is 0. The lowest BCUT2D eigenvalue weighted by molar-refractivity contribution is -0.152. The van der Waals surface area contributed by atoms with Crippen LogP contribution in [0.25, 0.3) is 0 Å². The number of hydrogen-bond donors (Lipinski definition) is 1. The minimum absolute atomic E-state index is 0.00488. The average Bonchev–Trinajstić information content (AvgIpc) is 2.73. The van der Waals surface area contributed by atoms with Gasteiger partial charge < -0.3 is 5.11 Å². The van der Waals surface area contributed by atoms with Gasteiger partial charge in [0.2, 0.25) is 0 Å². The first-order chi connectivity index (χ1) is 6.86. The average molecular weight is 210 g/mol. The number of rotatable bonds is 2. The van der Waals surface area contributed by atoms with Gasteiger partial charge in [-0.2, -0.15) is 0 Å². The Morgan fingerprint density at radius 2 is 1.53 bits per heavy atom. The fourth-order valence-corrected chi connectivity index (χ4v) is 4.03. The number of carboxylic acid groups (broad SMARTS) is 1. The van der Waals surface area contributed by atoms with Crippen molar-refractivity contribution in [2.75, 3.05) is 0 Å². The molecule has 0 aromatic carbocycles. The highest BCUT2D eigenvalue weighted by Gasteiger charge is 2.74. The summed E-state index contributed by atoms with van der Waals surface area (Å²) in [7, 11) is 0. The molecule has 0 amide bonds. The van der Waals surface area contributed by atoms with Crippen LogP contribution in [0, 0.1) is 16.2 Å². The maximum atomic E-state index is 11.6. The number of aliphatic carboxylic acids is 1. The molecule has 15 heavy (non-hydrogen) atoms. The molecule has 2 nitrogen and oxygen atoms in total. The highest BCUT2D eigenvalue weighted by molar-refractivity contribution is 5.81. The second kappa shape index (κ2) is 2.99. The van der Waals surface area contributed by atoms with Crippen molar-refractivity contribution >= 4 is 5.97 Å². The lowest BCUT2D eigenvalue weighted by atomic mass is 9.62. The van der Waals surface area contributed by atoms with Crippen LogP contribution in [0.1, 0.15) is 59.3 Å². The van der Waals surface area contributed by atoms with Gasteiger partial charge in [0.15, 0.2) is 0 Å². The van der Waals surface area contributed by atoms with E-state index in [9.17, 15) is 9.90 Å². The Labute approximate surface area is 92.1 Å². The summed E-state index contributed by atoms with van der Waals surface area (Å²) < 4.78 is 0. The maximum absolute atomic E-state index is 11.6. The molecular weight excluding hydrogens is 188 g/mol. The topological polar surface area (TPSA) is 37.3 Å². The number of carboxylic acids is 1. The van der Waals surface area contributed by atoms with Crippen LogP contribution in [-0.4, -0.2) is 11.1 Å². The standard InChI is InChI=1S/C13H22O2/c1-11(2)9-13(11,10(14)15)12(3)7-5-4-6-8-12/h4-9H2,1-3H3,(H,14,15). The van der Waals surface area contributed by atoms with Crippen molar-refractivity contribution in [3.05, 3.63) is 0 Å². The highest BCUT2D eigenvalue weighted by Crippen LogP contribution is 2.74. The first kappa shape index (κ1) is 11.0. The SMILES string of the molecule is CC1(C)CC1(C(=O)O)C1(C)CCCCC1. The fraction of sp³-hybridized carbons (Fsp3) is 0.923. The van der Waals surface area contributed by atoms with E-state index in [1.165, 1.54) is 19.3 Å². The second-order valence-electron chi connectivity index (χ2n) is 6.39. The normalized spacial score (nSPS) is 37.3. The van der Waals surface area contributed by atoms with Crippen LogP contribution in [0.4, 0.5) is 0 Å². The highest BCUT2D eigenvalue weighted by atomic mass is 16.4. The Hall–Kier alpha value is -0.530. The zero-order chi connectivity index (χ0) is 11.3. The molecular formula is C13H22O2. The molecule has 0 saturated heterocycles. The van der Waals surface area contributed by atoms with Gasteiger partial charge in [-0.25, -0.2) is 0 Å². The molecule has 0 spiro atoms. The molecule has 0 aromatic heterocycles.